The minimum Gasteiger partial charge on any atom is -0.345 e. The van der Waals surface area contributed by atoms with Gasteiger partial charge in [-0.25, -0.2) is 0 Å². The fourth-order valence-corrected chi connectivity index (χ4v) is 3.86. The largest absolute Gasteiger partial charge is 0.345 e. The van der Waals surface area contributed by atoms with Crippen molar-refractivity contribution in [2.45, 2.75) is 30.2 Å². The Morgan fingerprint density at radius 1 is 1.22 bits per heavy atom. The highest BCUT2D eigenvalue weighted by Gasteiger charge is 2.22. The molecular formula is C20H21NOS. The lowest BCUT2D eigenvalue weighted by Gasteiger charge is -2.26. The van der Waals surface area contributed by atoms with Crippen molar-refractivity contribution in [3.63, 3.8) is 0 Å². The molecule has 1 amide bonds. The molecule has 3 rings (SSSR count). The normalized spacial score (nSPS) is 16.4. The van der Waals surface area contributed by atoms with Gasteiger partial charge in [0.05, 0.1) is 11.6 Å². The lowest BCUT2D eigenvalue weighted by Crippen LogP contribution is -2.31. The maximum Gasteiger partial charge on any atom is 0.252 e. The zero-order chi connectivity index (χ0) is 16.1. The van der Waals surface area contributed by atoms with Crippen LogP contribution in [0.3, 0.4) is 0 Å². The van der Waals surface area contributed by atoms with Crippen molar-refractivity contribution >= 4 is 17.7 Å². The summed E-state index contributed by atoms with van der Waals surface area (Å²) in [6, 6.07) is 16.3. The van der Waals surface area contributed by atoms with E-state index in [0.717, 1.165) is 35.5 Å². The summed E-state index contributed by atoms with van der Waals surface area (Å²) in [5.74, 6) is 0.815. The van der Waals surface area contributed by atoms with E-state index in [1.165, 1.54) is 11.1 Å². The number of hydrogen-bond acceptors (Lipinski definition) is 2. The van der Waals surface area contributed by atoms with Gasteiger partial charge in [-0.15, -0.1) is 18.3 Å². The number of hydrogen-bond donors (Lipinski definition) is 1. The maximum absolute atomic E-state index is 12.8. The fraction of sp³-hybridized carbons (Fsp3) is 0.250. The molecule has 1 aliphatic carbocycles. The zero-order valence-electron chi connectivity index (χ0n) is 13.1. The Morgan fingerprint density at radius 3 is 2.87 bits per heavy atom. The van der Waals surface area contributed by atoms with Gasteiger partial charge < -0.3 is 5.32 Å². The van der Waals surface area contributed by atoms with Gasteiger partial charge in [0, 0.05) is 10.6 Å². The number of benzene rings is 2. The summed E-state index contributed by atoms with van der Waals surface area (Å²) in [6.45, 7) is 3.75. The van der Waals surface area contributed by atoms with E-state index in [0.29, 0.717) is 0 Å². The lowest BCUT2D eigenvalue weighted by molar-refractivity contribution is 0.0930. The molecule has 0 spiro atoms. The molecular weight excluding hydrogens is 302 g/mol. The standard InChI is InChI=1S/C20H21NOS/c1-2-14-23-19-13-6-5-11-17(19)20(22)21-18-12-7-9-15-8-3-4-10-16(15)18/h2-6,8,10-11,13,18H,1,7,9,12,14H2,(H,21,22)/t18-/m0/s1. The molecule has 0 fully saturated rings. The van der Waals surface area contributed by atoms with Gasteiger partial charge in [-0.2, -0.15) is 0 Å². The van der Waals surface area contributed by atoms with Gasteiger partial charge in [-0.3, -0.25) is 4.79 Å². The van der Waals surface area contributed by atoms with E-state index >= 15 is 0 Å². The summed E-state index contributed by atoms with van der Waals surface area (Å²) in [7, 11) is 0. The SMILES string of the molecule is C=CCSc1ccccc1C(=O)N[C@H]1CCCc2ccccc21. The quantitative estimate of drug-likeness (QED) is 0.634. The number of thioether (sulfide) groups is 1. The van der Waals surface area contributed by atoms with Crippen LogP contribution < -0.4 is 5.32 Å². The molecule has 0 unspecified atom stereocenters. The van der Waals surface area contributed by atoms with Crippen LogP contribution >= 0.6 is 11.8 Å². The van der Waals surface area contributed by atoms with Crippen LogP contribution in [0.5, 0.6) is 0 Å². The van der Waals surface area contributed by atoms with Crippen LogP contribution in [0.25, 0.3) is 0 Å². The first-order valence-corrected chi connectivity index (χ1v) is 8.99. The Balaban J connectivity index is 1.79. The van der Waals surface area contributed by atoms with Crippen molar-refractivity contribution in [1.82, 2.24) is 5.32 Å². The van der Waals surface area contributed by atoms with E-state index in [2.05, 4.69) is 36.2 Å². The Hall–Kier alpha value is -2.00. The van der Waals surface area contributed by atoms with Crippen LogP contribution in [0.2, 0.25) is 0 Å². The predicted octanol–water partition coefficient (Wildman–Crippen LogP) is 4.77. The van der Waals surface area contributed by atoms with E-state index in [1.807, 2.05) is 30.3 Å². The Kier molecular flexibility index (Phi) is 5.19. The van der Waals surface area contributed by atoms with Crippen LogP contribution in [0.15, 0.2) is 66.1 Å². The summed E-state index contributed by atoms with van der Waals surface area (Å²) < 4.78 is 0. The first kappa shape index (κ1) is 15.9. The summed E-state index contributed by atoms with van der Waals surface area (Å²) in [5.41, 5.74) is 3.38. The second kappa shape index (κ2) is 7.51. The minimum atomic E-state index is 0.0128. The van der Waals surface area contributed by atoms with E-state index in [9.17, 15) is 4.79 Å². The third kappa shape index (κ3) is 3.67. The molecule has 0 saturated carbocycles. The van der Waals surface area contributed by atoms with E-state index < -0.39 is 0 Å². The van der Waals surface area contributed by atoms with Crippen LogP contribution in [-0.2, 0) is 6.42 Å². The molecule has 1 N–H and O–H groups in total. The summed E-state index contributed by atoms with van der Waals surface area (Å²) in [6.07, 6.45) is 5.09. The second-order valence-corrected chi connectivity index (χ2v) is 6.77. The van der Waals surface area contributed by atoms with Crippen molar-refractivity contribution in [1.29, 1.82) is 0 Å². The van der Waals surface area contributed by atoms with Crippen LogP contribution in [0.4, 0.5) is 0 Å². The van der Waals surface area contributed by atoms with Crippen LogP contribution in [0.1, 0.15) is 40.4 Å². The van der Waals surface area contributed by atoms with Crippen molar-refractivity contribution in [2.24, 2.45) is 0 Å². The molecule has 0 heterocycles. The number of amides is 1. The topological polar surface area (TPSA) is 29.1 Å². The summed E-state index contributed by atoms with van der Waals surface area (Å²) >= 11 is 1.64. The van der Waals surface area contributed by atoms with Gasteiger partial charge in [0.15, 0.2) is 0 Å². The van der Waals surface area contributed by atoms with Gasteiger partial charge in [-0.05, 0) is 42.5 Å². The highest BCUT2D eigenvalue weighted by Crippen LogP contribution is 2.30. The average molecular weight is 323 g/mol. The van der Waals surface area contributed by atoms with Gasteiger partial charge in [0.1, 0.15) is 0 Å². The maximum atomic E-state index is 12.8. The van der Waals surface area contributed by atoms with Crippen LogP contribution in [-0.4, -0.2) is 11.7 Å². The van der Waals surface area contributed by atoms with Crippen molar-refractivity contribution in [2.75, 3.05) is 5.75 Å². The van der Waals surface area contributed by atoms with E-state index in [4.69, 9.17) is 0 Å². The highest BCUT2D eigenvalue weighted by atomic mass is 32.2. The molecule has 2 nitrogen and oxygen atoms in total. The Labute approximate surface area is 142 Å². The molecule has 2 aromatic carbocycles. The average Bonchev–Trinajstić information content (AvgIpc) is 2.60. The molecule has 3 heteroatoms. The predicted molar refractivity (Wildman–Crippen MR) is 97.0 cm³/mol. The molecule has 118 valence electrons. The highest BCUT2D eigenvalue weighted by molar-refractivity contribution is 7.99. The lowest BCUT2D eigenvalue weighted by atomic mass is 9.87. The molecule has 0 radical (unpaired) electrons. The van der Waals surface area contributed by atoms with Gasteiger partial charge >= 0.3 is 0 Å². The summed E-state index contributed by atoms with van der Waals surface area (Å²) in [4.78, 5) is 13.8. The van der Waals surface area contributed by atoms with Gasteiger partial charge in [0.2, 0.25) is 0 Å². The third-order valence-corrected chi connectivity index (χ3v) is 5.23. The first-order valence-electron chi connectivity index (χ1n) is 8.01. The number of aryl methyl sites for hydroxylation is 1. The van der Waals surface area contributed by atoms with Crippen molar-refractivity contribution < 1.29 is 4.79 Å². The number of rotatable bonds is 5. The number of carbonyl (C=O) groups is 1. The Morgan fingerprint density at radius 2 is 2.00 bits per heavy atom. The van der Waals surface area contributed by atoms with Gasteiger partial charge in [0.25, 0.3) is 5.91 Å². The number of nitrogens with one attached hydrogen (secondary N) is 1. The monoisotopic (exact) mass is 323 g/mol. The van der Waals surface area contributed by atoms with Crippen molar-refractivity contribution in [3.8, 4) is 0 Å². The number of fused-ring (bicyclic) bond motifs is 1. The smallest absolute Gasteiger partial charge is 0.252 e. The third-order valence-electron chi connectivity index (χ3n) is 4.16. The molecule has 1 atom stereocenters. The molecule has 0 saturated heterocycles. The number of carbonyl (C=O) groups excluding carboxylic acids is 1. The summed E-state index contributed by atoms with van der Waals surface area (Å²) in [5, 5.41) is 3.23. The molecule has 0 aliphatic heterocycles. The minimum absolute atomic E-state index is 0.0128. The molecule has 0 bridgehead atoms. The molecule has 1 aliphatic rings. The zero-order valence-corrected chi connectivity index (χ0v) is 13.9. The Bertz CT molecular complexity index is 710. The van der Waals surface area contributed by atoms with Gasteiger partial charge in [-0.1, -0.05) is 42.5 Å². The first-order chi connectivity index (χ1) is 11.3. The van der Waals surface area contributed by atoms with E-state index in [1.54, 1.807) is 11.8 Å². The second-order valence-electron chi connectivity index (χ2n) is 5.71. The fourth-order valence-electron chi connectivity index (χ4n) is 3.07. The van der Waals surface area contributed by atoms with Crippen molar-refractivity contribution in [3.05, 3.63) is 77.9 Å². The molecule has 2 aromatic rings. The van der Waals surface area contributed by atoms with E-state index in [-0.39, 0.29) is 11.9 Å². The molecule has 23 heavy (non-hydrogen) atoms. The van der Waals surface area contributed by atoms with Crippen LogP contribution in [0, 0.1) is 0 Å². The molecule has 0 aromatic heterocycles.